The number of carboxylic acid groups (broad SMARTS) is 1. The average molecular weight is 982 g/mol. The highest BCUT2D eigenvalue weighted by Gasteiger charge is 2.38. The van der Waals surface area contributed by atoms with E-state index in [0.717, 1.165) is 11.1 Å². The average Bonchev–Trinajstić information content (AvgIpc) is 3.27. The van der Waals surface area contributed by atoms with Gasteiger partial charge in [-0.25, -0.2) is 9.37 Å². The van der Waals surface area contributed by atoms with Crippen LogP contribution in [0.5, 0.6) is 11.5 Å². The van der Waals surface area contributed by atoms with Crippen LogP contribution in [0.1, 0.15) is 93.8 Å². The first-order valence-corrected chi connectivity index (χ1v) is 25.5. The number of para-hydroxylation sites is 1. The van der Waals surface area contributed by atoms with Crippen molar-refractivity contribution < 1.29 is 50.2 Å². The Morgan fingerprint density at radius 1 is 0.757 bits per heavy atom. The number of aromatic carboxylic acids is 1. The van der Waals surface area contributed by atoms with E-state index in [-0.39, 0.29) is 53.6 Å². The molecule has 4 aliphatic rings. The molecule has 5 aromatic rings. The van der Waals surface area contributed by atoms with Crippen LogP contribution in [0, 0.1) is 11.8 Å². The van der Waals surface area contributed by atoms with Gasteiger partial charge in [0.1, 0.15) is 30.1 Å². The molecule has 0 unspecified atom stereocenters. The van der Waals surface area contributed by atoms with Gasteiger partial charge in [-0.2, -0.15) is 16.8 Å². The number of hydrogen-bond acceptors (Lipinski definition) is 9. The number of amides is 2. The number of benzene rings is 5. The molecule has 4 aliphatic heterocycles. The second-order valence-electron chi connectivity index (χ2n) is 18.9. The SMILES string of the molecule is CN1c2cc3c(cc2C(CS(=O)(=O)O)=CC1(C)C)C(c1ccc(C(=O)NCCC(=O)N2Cc4ccccc4C#Cc4ccccc42)cc1C(=O)O)=c1cc2c(cc1O3)=[N+](C)C(C)(C)C=C2CS(=O)(=O)O. The summed E-state index contributed by atoms with van der Waals surface area (Å²) in [5.74, 6) is 3.21. The van der Waals surface area contributed by atoms with Gasteiger partial charge in [0.15, 0.2) is 5.54 Å². The van der Waals surface area contributed by atoms with Crippen LogP contribution < -0.4 is 35.0 Å². The standard InChI is InChI=1S/C53H48N4O11S2/c1-52(2)26-35(29-69(62,63)64)38-22-41-46(24-44(38)55(52)5)68-47-25-45-39(36(30-70(65,66)67)27-53(3,4)56(45)6)23-42(47)49(41)37-18-17-33(21-40(37)51(60)61)50(59)54-20-19-48(58)57-28-34-13-8-7-11-31(34)15-16-32-12-9-10-14-43(32)57/h7-14,17-18,21-27H,19-20,28-30H2,1-6H3,(H3-,54,59,60,61,62,63,64,65,66,67)/p+1. The molecule has 4 N–H and O–H groups in total. The number of fused-ring (bicyclic) bond motifs is 6. The zero-order chi connectivity index (χ0) is 50.2. The molecule has 4 heterocycles. The lowest BCUT2D eigenvalue weighted by Gasteiger charge is -2.41. The van der Waals surface area contributed by atoms with Crippen molar-refractivity contribution in [3.05, 3.63) is 164 Å². The zero-order valence-corrected chi connectivity index (χ0v) is 40.7. The Morgan fingerprint density at radius 3 is 2.11 bits per heavy atom. The van der Waals surface area contributed by atoms with Gasteiger partial charge in [-0.1, -0.05) is 54.3 Å². The summed E-state index contributed by atoms with van der Waals surface area (Å²) in [7, 11) is -5.42. The Bertz CT molecular complexity index is 3660. The summed E-state index contributed by atoms with van der Waals surface area (Å²) in [6, 6.07) is 25.9. The first kappa shape index (κ1) is 47.7. The zero-order valence-electron chi connectivity index (χ0n) is 39.1. The van der Waals surface area contributed by atoms with E-state index in [2.05, 4.69) is 17.2 Å². The number of ether oxygens (including phenoxy) is 1. The highest BCUT2D eigenvalue weighted by molar-refractivity contribution is 7.86. The van der Waals surface area contributed by atoms with Crippen molar-refractivity contribution in [3.63, 3.8) is 0 Å². The molecule has 5 aromatic carbocycles. The number of rotatable bonds is 10. The number of carboxylic acids is 1. The van der Waals surface area contributed by atoms with Crippen molar-refractivity contribution in [1.29, 1.82) is 0 Å². The van der Waals surface area contributed by atoms with Crippen LogP contribution in [0.25, 0.3) is 16.7 Å². The minimum Gasteiger partial charge on any atom is -0.478 e. The van der Waals surface area contributed by atoms with Gasteiger partial charge in [-0.05, 0) is 84.7 Å². The Balaban J connectivity index is 1.14. The maximum atomic E-state index is 13.9. The molecule has 0 bridgehead atoms. The van der Waals surface area contributed by atoms with Crippen molar-refractivity contribution >= 4 is 66.1 Å². The summed E-state index contributed by atoms with van der Waals surface area (Å²) in [4.78, 5) is 44.8. The highest BCUT2D eigenvalue weighted by atomic mass is 32.2. The number of hydrogen-bond donors (Lipinski definition) is 4. The van der Waals surface area contributed by atoms with E-state index in [9.17, 15) is 45.4 Å². The fourth-order valence-electron chi connectivity index (χ4n) is 9.58. The molecule has 9 rings (SSSR count). The van der Waals surface area contributed by atoms with Crippen molar-refractivity contribution in [2.24, 2.45) is 0 Å². The van der Waals surface area contributed by atoms with Crippen LogP contribution in [0.3, 0.4) is 0 Å². The molecule has 2 amide bonds. The van der Waals surface area contributed by atoms with Gasteiger partial charge in [-0.15, -0.1) is 0 Å². The second-order valence-corrected chi connectivity index (χ2v) is 21.8. The van der Waals surface area contributed by atoms with E-state index in [1.807, 2.05) is 99.8 Å². The summed E-state index contributed by atoms with van der Waals surface area (Å²) in [5, 5.41) is 14.6. The van der Waals surface area contributed by atoms with E-state index in [0.29, 0.717) is 60.9 Å². The van der Waals surface area contributed by atoms with Gasteiger partial charge in [0.25, 0.3) is 26.1 Å². The molecular formula is C53H49N4O11S2+. The van der Waals surface area contributed by atoms with Crippen LogP contribution in [-0.4, -0.2) is 92.1 Å². The Morgan fingerprint density at radius 2 is 1.41 bits per heavy atom. The molecule has 0 saturated carbocycles. The highest BCUT2D eigenvalue weighted by Crippen LogP contribution is 2.47. The van der Waals surface area contributed by atoms with Gasteiger partial charge in [-0.3, -0.25) is 18.7 Å². The molecular weight excluding hydrogens is 933 g/mol. The number of nitrogens with zero attached hydrogens (tertiary/aromatic N) is 3. The molecule has 0 radical (unpaired) electrons. The van der Waals surface area contributed by atoms with Gasteiger partial charge >= 0.3 is 5.97 Å². The minimum absolute atomic E-state index is 0.0112. The van der Waals surface area contributed by atoms with Crippen molar-refractivity contribution in [2.75, 3.05) is 41.9 Å². The Hall–Kier alpha value is -7.36. The molecule has 70 heavy (non-hydrogen) atoms. The second kappa shape index (κ2) is 17.2. The van der Waals surface area contributed by atoms with Gasteiger partial charge in [0, 0.05) is 84.2 Å². The quantitative estimate of drug-likeness (QED) is 0.0764. The van der Waals surface area contributed by atoms with Crippen LogP contribution in [-0.2, 0) is 31.6 Å². The van der Waals surface area contributed by atoms with E-state index in [1.54, 1.807) is 41.3 Å². The molecule has 358 valence electrons. The van der Waals surface area contributed by atoms with Crippen LogP contribution in [0.4, 0.5) is 11.4 Å². The summed E-state index contributed by atoms with van der Waals surface area (Å²) >= 11 is 0. The first-order chi connectivity index (χ1) is 32.9. The maximum Gasteiger partial charge on any atom is 0.336 e. The predicted octanol–water partition coefficient (Wildman–Crippen LogP) is 5.49. The molecule has 0 aliphatic carbocycles. The minimum atomic E-state index is -4.54. The number of nitrogens with one attached hydrogen (secondary N) is 1. The molecule has 0 atom stereocenters. The monoisotopic (exact) mass is 981 g/mol. The largest absolute Gasteiger partial charge is 0.478 e. The first-order valence-electron chi connectivity index (χ1n) is 22.3. The lowest BCUT2D eigenvalue weighted by Crippen LogP contribution is -2.47. The lowest BCUT2D eigenvalue weighted by molar-refractivity contribution is -0.118. The predicted molar refractivity (Wildman–Crippen MR) is 267 cm³/mol. The number of likely N-dealkylation sites (N-methyl/N-ethyl adjacent to an activating group) is 2. The summed E-state index contributed by atoms with van der Waals surface area (Å²) in [6.07, 6.45) is 3.39. The summed E-state index contributed by atoms with van der Waals surface area (Å²) in [6.45, 7) is 7.72. The smallest absolute Gasteiger partial charge is 0.336 e. The molecule has 0 saturated heterocycles. The molecule has 0 spiro atoms. The Labute approximate surface area is 405 Å². The van der Waals surface area contributed by atoms with Crippen LogP contribution >= 0.6 is 0 Å². The topological polar surface area (TPSA) is 211 Å². The van der Waals surface area contributed by atoms with Crippen molar-refractivity contribution in [3.8, 4) is 23.3 Å². The fraction of sp³-hybridized carbons (Fsp3) is 0.245. The Kier molecular flexibility index (Phi) is 11.8. The number of carbonyl (C=O) groups is 3. The van der Waals surface area contributed by atoms with Gasteiger partial charge < -0.3 is 25.0 Å². The molecule has 0 aromatic heterocycles. The van der Waals surface area contributed by atoms with Gasteiger partial charge in [0.05, 0.1) is 35.0 Å². The van der Waals surface area contributed by atoms with E-state index >= 15 is 0 Å². The van der Waals surface area contributed by atoms with Crippen molar-refractivity contribution in [2.45, 2.75) is 51.7 Å². The van der Waals surface area contributed by atoms with E-state index in [1.165, 1.54) is 18.2 Å². The number of carbonyl (C=O) groups excluding carboxylic acids is 2. The van der Waals surface area contributed by atoms with Gasteiger partial charge in [0.2, 0.25) is 11.3 Å². The van der Waals surface area contributed by atoms with Crippen LogP contribution in [0.15, 0.2) is 103 Å². The van der Waals surface area contributed by atoms with Crippen molar-refractivity contribution in [1.82, 2.24) is 9.89 Å². The third-order valence-corrected chi connectivity index (χ3v) is 14.8. The molecule has 15 nitrogen and oxygen atoms in total. The normalized spacial score (nSPS) is 16.2. The molecule has 17 heteroatoms. The lowest BCUT2D eigenvalue weighted by atomic mass is 9.83. The molecule has 0 fully saturated rings. The maximum absolute atomic E-state index is 13.9. The summed E-state index contributed by atoms with van der Waals surface area (Å²) < 4.78 is 78.6. The van der Waals surface area contributed by atoms with Crippen LogP contribution in [0.2, 0.25) is 0 Å². The van der Waals surface area contributed by atoms with E-state index in [4.69, 9.17) is 4.74 Å². The summed E-state index contributed by atoms with van der Waals surface area (Å²) in [5.41, 5.74) is 4.03. The van der Waals surface area contributed by atoms with E-state index < -0.39 is 54.7 Å². The third kappa shape index (κ3) is 9.02. The third-order valence-electron chi connectivity index (χ3n) is 13.4. The fourth-order valence-corrected chi connectivity index (χ4v) is 10.8. The number of anilines is 2.